The summed E-state index contributed by atoms with van der Waals surface area (Å²) in [6.45, 7) is 2.93. The molecule has 0 saturated heterocycles. The van der Waals surface area contributed by atoms with E-state index in [9.17, 15) is 4.79 Å². The number of nitrogens with zero attached hydrogens (tertiary/aromatic N) is 1. The molecule has 5 heteroatoms. The van der Waals surface area contributed by atoms with E-state index < -0.39 is 0 Å². The molecule has 5 nitrogen and oxygen atoms in total. The molecule has 21 heavy (non-hydrogen) atoms. The molecule has 0 bridgehead atoms. The lowest BCUT2D eigenvalue weighted by Gasteiger charge is -2.07. The highest BCUT2D eigenvalue weighted by atomic mass is 16.3. The third kappa shape index (κ3) is 4.29. The Kier molecular flexibility index (Phi) is 5.29. The van der Waals surface area contributed by atoms with Crippen LogP contribution in [0.1, 0.15) is 29.3 Å². The molecule has 1 amide bonds. The maximum absolute atomic E-state index is 12.1. The molecule has 0 saturated carbocycles. The van der Waals surface area contributed by atoms with E-state index in [0.717, 1.165) is 24.3 Å². The minimum atomic E-state index is -0.207. The number of aliphatic hydroxyl groups is 1. The largest absolute Gasteiger partial charge is 0.392 e. The third-order valence-corrected chi connectivity index (χ3v) is 2.98. The fraction of sp³-hybridized carbons (Fsp3) is 0.250. The Morgan fingerprint density at radius 3 is 2.52 bits per heavy atom. The predicted molar refractivity (Wildman–Crippen MR) is 83.3 cm³/mol. The lowest BCUT2D eigenvalue weighted by molar-refractivity contribution is 0.102. The van der Waals surface area contributed by atoms with Gasteiger partial charge in [-0.25, -0.2) is 4.98 Å². The van der Waals surface area contributed by atoms with E-state index in [1.165, 1.54) is 0 Å². The van der Waals surface area contributed by atoms with Crippen molar-refractivity contribution in [3.8, 4) is 0 Å². The van der Waals surface area contributed by atoms with E-state index in [2.05, 4.69) is 22.5 Å². The second kappa shape index (κ2) is 7.40. The Hall–Kier alpha value is -2.40. The SMILES string of the molecule is CCCNc1ccc(C(=O)Nc2ccc(CO)cc2)cn1. The topological polar surface area (TPSA) is 74.2 Å². The lowest BCUT2D eigenvalue weighted by atomic mass is 10.2. The van der Waals surface area contributed by atoms with Gasteiger partial charge in [-0.05, 0) is 36.2 Å². The van der Waals surface area contributed by atoms with Crippen LogP contribution in [0.5, 0.6) is 0 Å². The maximum atomic E-state index is 12.1. The van der Waals surface area contributed by atoms with Crippen molar-refractivity contribution in [3.05, 3.63) is 53.7 Å². The minimum absolute atomic E-state index is 0.00956. The number of pyridine rings is 1. The van der Waals surface area contributed by atoms with Gasteiger partial charge in [-0.1, -0.05) is 19.1 Å². The molecule has 0 radical (unpaired) electrons. The molecule has 0 aliphatic heterocycles. The zero-order valence-corrected chi connectivity index (χ0v) is 12.0. The first kappa shape index (κ1) is 15.0. The second-order valence-corrected chi connectivity index (χ2v) is 4.67. The second-order valence-electron chi connectivity index (χ2n) is 4.67. The number of amides is 1. The Labute approximate surface area is 124 Å². The van der Waals surface area contributed by atoms with Gasteiger partial charge in [-0.2, -0.15) is 0 Å². The van der Waals surface area contributed by atoms with Gasteiger partial charge in [0.1, 0.15) is 5.82 Å². The van der Waals surface area contributed by atoms with Gasteiger partial charge in [-0.15, -0.1) is 0 Å². The molecule has 2 rings (SSSR count). The van der Waals surface area contributed by atoms with Gasteiger partial charge < -0.3 is 15.7 Å². The highest BCUT2D eigenvalue weighted by Crippen LogP contribution is 2.12. The number of aliphatic hydroxyl groups excluding tert-OH is 1. The minimum Gasteiger partial charge on any atom is -0.392 e. The van der Waals surface area contributed by atoms with E-state index in [0.29, 0.717) is 11.3 Å². The van der Waals surface area contributed by atoms with Gasteiger partial charge in [0, 0.05) is 18.4 Å². The van der Waals surface area contributed by atoms with Crippen LogP contribution in [0.15, 0.2) is 42.6 Å². The first-order valence-corrected chi connectivity index (χ1v) is 6.94. The van der Waals surface area contributed by atoms with Crippen LogP contribution < -0.4 is 10.6 Å². The van der Waals surface area contributed by atoms with E-state index in [1.54, 1.807) is 42.6 Å². The first-order valence-electron chi connectivity index (χ1n) is 6.94. The molecule has 0 atom stereocenters. The summed E-state index contributed by atoms with van der Waals surface area (Å²) in [6, 6.07) is 10.6. The molecule has 110 valence electrons. The molecule has 0 aliphatic carbocycles. The number of carbonyl (C=O) groups excluding carboxylic acids is 1. The number of anilines is 2. The van der Waals surface area contributed by atoms with E-state index >= 15 is 0 Å². The number of aromatic nitrogens is 1. The van der Waals surface area contributed by atoms with Crippen molar-refractivity contribution < 1.29 is 9.90 Å². The number of rotatable bonds is 6. The summed E-state index contributed by atoms with van der Waals surface area (Å²) < 4.78 is 0. The van der Waals surface area contributed by atoms with Gasteiger partial charge in [0.05, 0.1) is 12.2 Å². The monoisotopic (exact) mass is 285 g/mol. The molecule has 1 aromatic heterocycles. The molecule has 3 N–H and O–H groups in total. The third-order valence-electron chi connectivity index (χ3n) is 2.98. The van der Waals surface area contributed by atoms with Gasteiger partial charge in [0.25, 0.3) is 5.91 Å². The quantitative estimate of drug-likeness (QED) is 0.763. The molecule has 1 aromatic carbocycles. The van der Waals surface area contributed by atoms with Crippen LogP contribution in [0.4, 0.5) is 11.5 Å². The van der Waals surface area contributed by atoms with Crippen molar-refractivity contribution >= 4 is 17.4 Å². The summed E-state index contributed by atoms with van der Waals surface area (Å²) in [5.41, 5.74) is 2.00. The van der Waals surface area contributed by atoms with Crippen LogP contribution in [0.3, 0.4) is 0 Å². The van der Waals surface area contributed by atoms with Crippen molar-refractivity contribution in [2.45, 2.75) is 20.0 Å². The molecule has 0 spiro atoms. The van der Waals surface area contributed by atoms with Crippen molar-refractivity contribution in [2.24, 2.45) is 0 Å². The summed E-state index contributed by atoms with van der Waals surface area (Å²) in [5, 5.41) is 14.9. The summed E-state index contributed by atoms with van der Waals surface area (Å²) in [5.74, 6) is 0.557. The smallest absolute Gasteiger partial charge is 0.257 e. The van der Waals surface area contributed by atoms with Gasteiger partial charge in [0.2, 0.25) is 0 Å². The normalized spacial score (nSPS) is 10.2. The van der Waals surface area contributed by atoms with E-state index in [4.69, 9.17) is 5.11 Å². The van der Waals surface area contributed by atoms with E-state index in [-0.39, 0.29) is 12.5 Å². The fourth-order valence-corrected chi connectivity index (χ4v) is 1.78. The average Bonchev–Trinajstić information content (AvgIpc) is 2.54. The summed E-state index contributed by atoms with van der Waals surface area (Å²) in [6.07, 6.45) is 2.57. The molecule has 2 aromatic rings. The molecular formula is C16H19N3O2. The Bertz CT molecular complexity index is 579. The molecule has 0 fully saturated rings. The molecular weight excluding hydrogens is 266 g/mol. The molecule has 1 heterocycles. The highest BCUT2D eigenvalue weighted by Gasteiger charge is 2.06. The number of benzene rings is 1. The number of nitrogens with one attached hydrogen (secondary N) is 2. The fourth-order valence-electron chi connectivity index (χ4n) is 1.78. The van der Waals surface area contributed by atoms with E-state index in [1.807, 2.05) is 0 Å². The van der Waals surface area contributed by atoms with Crippen molar-refractivity contribution in [1.29, 1.82) is 0 Å². The van der Waals surface area contributed by atoms with Crippen LogP contribution in [0.2, 0.25) is 0 Å². The Morgan fingerprint density at radius 1 is 1.19 bits per heavy atom. The van der Waals surface area contributed by atoms with Crippen molar-refractivity contribution in [1.82, 2.24) is 4.98 Å². The maximum Gasteiger partial charge on any atom is 0.257 e. The summed E-state index contributed by atoms with van der Waals surface area (Å²) in [7, 11) is 0. The van der Waals surface area contributed by atoms with Crippen LogP contribution >= 0.6 is 0 Å². The van der Waals surface area contributed by atoms with Gasteiger partial charge in [-0.3, -0.25) is 4.79 Å². The van der Waals surface area contributed by atoms with Crippen LogP contribution in [0.25, 0.3) is 0 Å². The zero-order valence-electron chi connectivity index (χ0n) is 12.0. The highest BCUT2D eigenvalue weighted by molar-refractivity contribution is 6.04. The Balaban J connectivity index is 1.98. The summed E-state index contributed by atoms with van der Waals surface area (Å²) >= 11 is 0. The number of hydrogen-bond acceptors (Lipinski definition) is 4. The van der Waals surface area contributed by atoms with Gasteiger partial charge in [0.15, 0.2) is 0 Å². The average molecular weight is 285 g/mol. The predicted octanol–water partition coefficient (Wildman–Crippen LogP) is 2.65. The van der Waals surface area contributed by atoms with Crippen molar-refractivity contribution in [3.63, 3.8) is 0 Å². The standard InChI is InChI=1S/C16H19N3O2/c1-2-9-17-15-8-5-13(10-18-15)16(21)19-14-6-3-12(11-20)4-7-14/h3-8,10,20H,2,9,11H2,1H3,(H,17,18)(H,19,21). The van der Waals surface area contributed by atoms with Crippen LogP contribution in [-0.4, -0.2) is 22.5 Å². The summed E-state index contributed by atoms with van der Waals surface area (Å²) in [4.78, 5) is 16.3. The number of hydrogen-bond donors (Lipinski definition) is 3. The Morgan fingerprint density at radius 2 is 1.95 bits per heavy atom. The van der Waals surface area contributed by atoms with Crippen LogP contribution in [-0.2, 0) is 6.61 Å². The molecule has 0 aliphatic rings. The first-order chi connectivity index (χ1) is 10.2. The number of carbonyl (C=O) groups is 1. The molecule has 0 unspecified atom stereocenters. The lowest BCUT2D eigenvalue weighted by Crippen LogP contribution is -2.12. The van der Waals surface area contributed by atoms with Crippen LogP contribution in [0, 0.1) is 0 Å². The van der Waals surface area contributed by atoms with Crippen molar-refractivity contribution in [2.75, 3.05) is 17.2 Å². The zero-order chi connectivity index (χ0) is 15.1. The van der Waals surface area contributed by atoms with Gasteiger partial charge >= 0.3 is 0 Å².